The molecule has 116 valence electrons. The van der Waals surface area contributed by atoms with Gasteiger partial charge in [-0.05, 0) is 38.5 Å². The molecule has 0 aromatic heterocycles. The van der Waals surface area contributed by atoms with Gasteiger partial charge in [-0.3, -0.25) is 9.69 Å². The highest BCUT2D eigenvalue weighted by atomic mass is 16.2. The van der Waals surface area contributed by atoms with Crippen LogP contribution in [0, 0.1) is 11.8 Å². The van der Waals surface area contributed by atoms with Gasteiger partial charge >= 0.3 is 0 Å². The molecule has 4 heteroatoms. The summed E-state index contributed by atoms with van der Waals surface area (Å²) in [4.78, 5) is 14.8. The van der Waals surface area contributed by atoms with E-state index in [1.54, 1.807) is 0 Å². The first kappa shape index (κ1) is 15.8. The standard InChI is InChI=1S/C16H31N3O/c1-13-4-6-14(7-5-13)12-18-15(20)16(2,3)19-10-8-17-9-11-19/h13-14,17H,4-12H2,1-3H3,(H,18,20). The van der Waals surface area contributed by atoms with Gasteiger partial charge in [-0.15, -0.1) is 0 Å². The van der Waals surface area contributed by atoms with Crippen LogP contribution in [0.2, 0.25) is 0 Å². The monoisotopic (exact) mass is 281 g/mol. The average Bonchev–Trinajstić information content (AvgIpc) is 2.47. The second kappa shape index (κ2) is 6.90. The van der Waals surface area contributed by atoms with Crippen molar-refractivity contribution in [2.24, 2.45) is 11.8 Å². The summed E-state index contributed by atoms with van der Waals surface area (Å²) in [7, 11) is 0. The predicted molar refractivity (Wildman–Crippen MR) is 82.7 cm³/mol. The van der Waals surface area contributed by atoms with Gasteiger partial charge in [0.2, 0.25) is 5.91 Å². The molecule has 4 nitrogen and oxygen atoms in total. The van der Waals surface area contributed by atoms with Gasteiger partial charge < -0.3 is 10.6 Å². The molecule has 0 radical (unpaired) electrons. The lowest BCUT2D eigenvalue weighted by Gasteiger charge is -2.40. The Kier molecular flexibility index (Phi) is 5.44. The molecule has 1 aliphatic carbocycles. The molecule has 0 unspecified atom stereocenters. The number of piperazine rings is 1. The van der Waals surface area contributed by atoms with Gasteiger partial charge in [0.05, 0.1) is 5.54 Å². The van der Waals surface area contributed by atoms with E-state index in [0.717, 1.165) is 38.6 Å². The zero-order valence-corrected chi connectivity index (χ0v) is 13.4. The van der Waals surface area contributed by atoms with E-state index in [4.69, 9.17) is 0 Å². The van der Waals surface area contributed by atoms with Crippen LogP contribution in [0.25, 0.3) is 0 Å². The van der Waals surface area contributed by atoms with Crippen molar-refractivity contribution in [2.45, 2.75) is 52.0 Å². The Morgan fingerprint density at radius 1 is 1.20 bits per heavy atom. The Hall–Kier alpha value is -0.610. The summed E-state index contributed by atoms with van der Waals surface area (Å²) in [5.41, 5.74) is -0.385. The van der Waals surface area contributed by atoms with Gasteiger partial charge in [0.25, 0.3) is 0 Å². The van der Waals surface area contributed by atoms with Crippen molar-refractivity contribution in [2.75, 3.05) is 32.7 Å². The van der Waals surface area contributed by atoms with Crippen molar-refractivity contribution in [1.29, 1.82) is 0 Å². The Morgan fingerprint density at radius 3 is 2.40 bits per heavy atom. The quantitative estimate of drug-likeness (QED) is 0.823. The maximum absolute atomic E-state index is 12.5. The van der Waals surface area contributed by atoms with Crippen molar-refractivity contribution in [3.05, 3.63) is 0 Å². The lowest BCUT2D eigenvalue weighted by Crippen LogP contribution is -2.60. The maximum Gasteiger partial charge on any atom is 0.239 e. The summed E-state index contributed by atoms with van der Waals surface area (Å²) < 4.78 is 0. The normalized spacial score (nSPS) is 29.1. The molecular formula is C16H31N3O. The molecule has 0 aromatic carbocycles. The van der Waals surface area contributed by atoms with Crippen LogP contribution >= 0.6 is 0 Å². The van der Waals surface area contributed by atoms with Gasteiger partial charge in [0, 0.05) is 32.7 Å². The van der Waals surface area contributed by atoms with E-state index in [9.17, 15) is 4.79 Å². The largest absolute Gasteiger partial charge is 0.354 e. The van der Waals surface area contributed by atoms with Crippen molar-refractivity contribution in [3.63, 3.8) is 0 Å². The van der Waals surface area contributed by atoms with E-state index >= 15 is 0 Å². The summed E-state index contributed by atoms with van der Waals surface area (Å²) in [6.07, 6.45) is 5.19. The van der Waals surface area contributed by atoms with Crippen LogP contribution in [0.1, 0.15) is 46.5 Å². The zero-order valence-electron chi connectivity index (χ0n) is 13.4. The SMILES string of the molecule is CC1CCC(CNC(=O)C(C)(C)N2CCNCC2)CC1. The lowest BCUT2D eigenvalue weighted by molar-refractivity contribution is -0.132. The highest BCUT2D eigenvalue weighted by Crippen LogP contribution is 2.27. The van der Waals surface area contributed by atoms with Crippen LogP contribution in [-0.4, -0.2) is 49.1 Å². The number of hydrogen-bond acceptors (Lipinski definition) is 3. The molecule has 20 heavy (non-hydrogen) atoms. The van der Waals surface area contributed by atoms with Crippen molar-refractivity contribution in [1.82, 2.24) is 15.5 Å². The fraction of sp³-hybridized carbons (Fsp3) is 0.938. The highest BCUT2D eigenvalue weighted by molar-refractivity contribution is 5.85. The minimum Gasteiger partial charge on any atom is -0.354 e. The molecule has 2 rings (SSSR count). The van der Waals surface area contributed by atoms with Gasteiger partial charge in [-0.1, -0.05) is 19.8 Å². The molecule has 1 amide bonds. The Labute approximate surface area is 123 Å². The van der Waals surface area contributed by atoms with Gasteiger partial charge in [-0.2, -0.15) is 0 Å². The molecular weight excluding hydrogens is 250 g/mol. The zero-order chi connectivity index (χ0) is 14.6. The van der Waals surface area contributed by atoms with Crippen molar-refractivity contribution < 1.29 is 4.79 Å². The van der Waals surface area contributed by atoms with E-state index in [1.807, 2.05) is 0 Å². The number of nitrogens with zero attached hydrogens (tertiary/aromatic N) is 1. The van der Waals surface area contributed by atoms with Crippen LogP contribution in [0.4, 0.5) is 0 Å². The molecule has 0 atom stereocenters. The fourth-order valence-corrected chi connectivity index (χ4v) is 3.35. The van der Waals surface area contributed by atoms with E-state index in [0.29, 0.717) is 5.92 Å². The van der Waals surface area contributed by atoms with Crippen LogP contribution < -0.4 is 10.6 Å². The van der Waals surface area contributed by atoms with E-state index in [2.05, 4.69) is 36.3 Å². The maximum atomic E-state index is 12.5. The molecule has 2 N–H and O–H groups in total. The van der Waals surface area contributed by atoms with Crippen LogP contribution in [-0.2, 0) is 4.79 Å². The summed E-state index contributed by atoms with van der Waals surface area (Å²) in [6.45, 7) is 11.2. The summed E-state index contributed by atoms with van der Waals surface area (Å²) >= 11 is 0. The first-order valence-electron chi connectivity index (χ1n) is 8.24. The lowest BCUT2D eigenvalue weighted by atomic mass is 9.83. The van der Waals surface area contributed by atoms with Crippen molar-refractivity contribution in [3.8, 4) is 0 Å². The minimum atomic E-state index is -0.385. The Bertz CT molecular complexity index is 316. The summed E-state index contributed by atoms with van der Waals surface area (Å²) in [5.74, 6) is 1.76. The third-order valence-electron chi connectivity index (χ3n) is 5.15. The molecule has 1 aliphatic heterocycles. The molecule has 0 bridgehead atoms. The second-order valence-corrected chi connectivity index (χ2v) is 7.13. The fourth-order valence-electron chi connectivity index (χ4n) is 3.35. The van der Waals surface area contributed by atoms with Crippen LogP contribution in [0.5, 0.6) is 0 Å². The molecule has 0 spiro atoms. The topological polar surface area (TPSA) is 44.4 Å². The van der Waals surface area contributed by atoms with Crippen LogP contribution in [0.3, 0.4) is 0 Å². The van der Waals surface area contributed by atoms with E-state index in [-0.39, 0.29) is 11.4 Å². The third-order valence-corrected chi connectivity index (χ3v) is 5.15. The molecule has 1 saturated carbocycles. The first-order valence-corrected chi connectivity index (χ1v) is 8.24. The highest BCUT2D eigenvalue weighted by Gasteiger charge is 2.35. The second-order valence-electron chi connectivity index (χ2n) is 7.13. The number of carbonyl (C=O) groups excluding carboxylic acids is 1. The van der Waals surface area contributed by atoms with Crippen molar-refractivity contribution >= 4 is 5.91 Å². The molecule has 0 aromatic rings. The molecule has 1 saturated heterocycles. The number of hydrogen-bond donors (Lipinski definition) is 2. The molecule has 2 fully saturated rings. The molecule has 1 heterocycles. The Morgan fingerprint density at radius 2 is 1.80 bits per heavy atom. The van der Waals surface area contributed by atoms with Gasteiger partial charge in [0.1, 0.15) is 0 Å². The molecule has 2 aliphatic rings. The minimum absolute atomic E-state index is 0.193. The number of nitrogens with one attached hydrogen (secondary N) is 2. The number of rotatable bonds is 4. The number of amides is 1. The first-order chi connectivity index (χ1) is 9.50. The smallest absolute Gasteiger partial charge is 0.239 e. The number of carbonyl (C=O) groups is 1. The van der Waals surface area contributed by atoms with E-state index < -0.39 is 0 Å². The Balaban J connectivity index is 1.78. The van der Waals surface area contributed by atoms with Gasteiger partial charge in [-0.25, -0.2) is 0 Å². The average molecular weight is 281 g/mol. The predicted octanol–water partition coefficient (Wildman–Crippen LogP) is 1.61. The van der Waals surface area contributed by atoms with E-state index in [1.165, 1.54) is 25.7 Å². The summed E-state index contributed by atoms with van der Waals surface area (Å²) in [5, 5.41) is 6.54. The third kappa shape index (κ3) is 3.95. The van der Waals surface area contributed by atoms with Crippen LogP contribution in [0.15, 0.2) is 0 Å². The van der Waals surface area contributed by atoms with Gasteiger partial charge in [0.15, 0.2) is 0 Å². The summed E-state index contributed by atoms with van der Waals surface area (Å²) in [6, 6.07) is 0.